The predicted molar refractivity (Wildman–Crippen MR) is 97.0 cm³/mol. The molecule has 2 rings (SSSR count). The van der Waals surface area contributed by atoms with Crippen molar-refractivity contribution in [2.24, 2.45) is 23.5 Å². The van der Waals surface area contributed by atoms with Gasteiger partial charge in [0.1, 0.15) is 5.60 Å². The van der Waals surface area contributed by atoms with Crippen LogP contribution in [0.25, 0.3) is 0 Å². The predicted octanol–water partition coefficient (Wildman–Crippen LogP) is 3.89. The van der Waals surface area contributed by atoms with E-state index < -0.39 is 29.0 Å². The number of aliphatic carboxylic acids is 1. The maximum Gasteiger partial charge on any atom is 0.322 e. The monoisotopic (exact) mass is 353 g/mol. The molecule has 0 aromatic rings. The standard InChI is InChI=1S/C20H35NO4/c1-19(2,3)25-18(24)16(17(22)23)20(21,14-10-6-4-7-11-14)15-12-8-5-9-13-15/h14-16H,4-13,21H2,1-3H3,(H,22,23)/t16-/m1/s1. The van der Waals surface area contributed by atoms with E-state index in [4.69, 9.17) is 10.5 Å². The number of rotatable bonds is 5. The number of esters is 1. The molecule has 0 aromatic heterocycles. The van der Waals surface area contributed by atoms with Crippen LogP contribution in [0.15, 0.2) is 0 Å². The summed E-state index contributed by atoms with van der Waals surface area (Å²) in [5, 5.41) is 9.96. The van der Waals surface area contributed by atoms with Gasteiger partial charge in [0.15, 0.2) is 5.92 Å². The van der Waals surface area contributed by atoms with Crippen LogP contribution in [0.4, 0.5) is 0 Å². The van der Waals surface area contributed by atoms with Crippen LogP contribution in [0.1, 0.15) is 85.0 Å². The Kier molecular flexibility index (Phi) is 6.52. The topological polar surface area (TPSA) is 89.6 Å². The van der Waals surface area contributed by atoms with E-state index >= 15 is 0 Å². The molecule has 0 spiro atoms. The van der Waals surface area contributed by atoms with Crippen LogP contribution < -0.4 is 5.73 Å². The van der Waals surface area contributed by atoms with E-state index in [1.807, 2.05) is 0 Å². The molecule has 0 aromatic carbocycles. The molecular weight excluding hydrogens is 318 g/mol. The zero-order chi connectivity index (χ0) is 18.7. The van der Waals surface area contributed by atoms with Gasteiger partial charge in [-0.05, 0) is 58.3 Å². The number of carboxylic acid groups (broad SMARTS) is 1. The first-order chi connectivity index (χ1) is 11.7. The number of hydrogen-bond acceptors (Lipinski definition) is 4. The Balaban J connectivity index is 2.38. The second-order valence-electron chi connectivity index (χ2n) is 8.97. The molecule has 0 bridgehead atoms. The lowest BCUT2D eigenvalue weighted by Gasteiger charge is -2.49. The molecule has 0 amide bonds. The van der Waals surface area contributed by atoms with Crippen molar-refractivity contribution in [1.82, 2.24) is 0 Å². The molecule has 0 radical (unpaired) electrons. The molecule has 25 heavy (non-hydrogen) atoms. The fourth-order valence-electron chi connectivity index (χ4n) is 4.89. The second kappa shape index (κ2) is 8.07. The van der Waals surface area contributed by atoms with Gasteiger partial charge in [-0.3, -0.25) is 9.59 Å². The van der Waals surface area contributed by atoms with E-state index in [1.54, 1.807) is 20.8 Å². The van der Waals surface area contributed by atoms with Gasteiger partial charge in [0.2, 0.25) is 0 Å². The summed E-state index contributed by atoms with van der Waals surface area (Å²) in [6.07, 6.45) is 10.3. The molecule has 2 aliphatic carbocycles. The number of carboxylic acids is 1. The van der Waals surface area contributed by atoms with Crippen LogP contribution in [0.5, 0.6) is 0 Å². The highest BCUT2D eigenvalue weighted by atomic mass is 16.6. The van der Waals surface area contributed by atoms with E-state index in [2.05, 4.69) is 0 Å². The zero-order valence-electron chi connectivity index (χ0n) is 16.1. The van der Waals surface area contributed by atoms with Gasteiger partial charge in [0.05, 0.1) is 0 Å². The number of ether oxygens (including phenoxy) is 1. The highest BCUT2D eigenvalue weighted by Gasteiger charge is 2.55. The van der Waals surface area contributed by atoms with Gasteiger partial charge >= 0.3 is 11.9 Å². The summed E-state index contributed by atoms with van der Waals surface area (Å²) in [6, 6.07) is 0. The quantitative estimate of drug-likeness (QED) is 0.578. The molecule has 1 atom stereocenters. The fourth-order valence-corrected chi connectivity index (χ4v) is 4.89. The Bertz CT molecular complexity index is 453. The lowest BCUT2D eigenvalue weighted by atomic mass is 9.59. The van der Waals surface area contributed by atoms with E-state index in [9.17, 15) is 14.7 Å². The summed E-state index contributed by atoms with van der Waals surface area (Å²) in [5.74, 6) is -2.92. The van der Waals surface area contributed by atoms with Crippen molar-refractivity contribution >= 4 is 11.9 Å². The van der Waals surface area contributed by atoms with E-state index in [0.717, 1.165) is 51.4 Å². The van der Waals surface area contributed by atoms with E-state index in [-0.39, 0.29) is 11.8 Å². The van der Waals surface area contributed by atoms with Crippen LogP contribution in [-0.2, 0) is 14.3 Å². The maximum absolute atomic E-state index is 12.8. The molecular formula is C20H35NO4. The Morgan fingerprint density at radius 2 is 1.32 bits per heavy atom. The van der Waals surface area contributed by atoms with Gasteiger partial charge in [-0.1, -0.05) is 38.5 Å². The van der Waals surface area contributed by atoms with Crippen molar-refractivity contribution in [2.45, 2.75) is 96.1 Å². The van der Waals surface area contributed by atoms with Crippen molar-refractivity contribution in [1.29, 1.82) is 0 Å². The minimum atomic E-state index is -1.28. The number of hydrogen-bond donors (Lipinski definition) is 2. The van der Waals surface area contributed by atoms with Gasteiger partial charge in [0, 0.05) is 5.54 Å². The summed E-state index contributed by atoms with van der Waals surface area (Å²) in [4.78, 5) is 25.0. The highest BCUT2D eigenvalue weighted by Crippen LogP contribution is 2.46. The first kappa shape index (κ1) is 20.2. The first-order valence-corrected chi connectivity index (χ1v) is 9.91. The highest BCUT2D eigenvalue weighted by molar-refractivity contribution is 5.96. The molecule has 144 valence electrons. The van der Waals surface area contributed by atoms with Crippen LogP contribution in [0.2, 0.25) is 0 Å². The van der Waals surface area contributed by atoms with E-state index in [0.29, 0.717) is 0 Å². The zero-order valence-corrected chi connectivity index (χ0v) is 16.1. The minimum absolute atomic E-state index is 0.0815. The maximum atomic E-state index is 12.8. The summed E-state index contributed by atoms with van der Waals surface area (Å²) in [6.45, 7) is 5.30. The smallest absolute Gasteiger partial charge is 0.322 e. The SMILES string of the molecule is CC(C)(C)OC(=O)[C@@H](C(=O)O)C(N)(C1CCCCC1)C1CCCCC1. The molecule has 5 nitrogen and oxygen atoms in total. The Labute approximate surface area is 151 Å². The van der Waals surface area contributed by atoms with Gasteiger partial charge in [-0.2, -0.15) is 0 Å². The third-order valence-corrected chi connectivity index (χ3v) is 6.01. The molecule has 2 aliphatic rings. The minimum Gasteiger partial charge on any atom is -0.481 e. The normalized spacial score (nSPS) is 22.4. The number of carbonyl (C=O) groups excluding carboxylic acids is 1. The van der Waals surface area contributed by atoms with Crippen molar-refractivity contribution in [3.8, 4) is 0 Å². The third-order valence-electron chi connectivity index (χ3n) is 6.01. The Morgan fingerprint density at radius 1 is 0.920 bits per heavy atom. The first-order valence-electron chi connectivity index (χ1n) is 9.91. The van der Waals surface area contributed by atoms with Crippen LogP contribution >= 0.6 is 0 Å². The molecule has 3 N–H and O–H groups in total. The van der Waals surface area contributed by atoms with E-state index in [1.165, 1.54) is 12.8 Å². The van der Waals surface area contributed by atoms with Crippen molar-refractivity contribution in [3.63, 3.8) is 0 Å². The van der Waals surface area contributed by atoms with Gasteiger partial charge < -0.3 is 15.6 Å². The summed E-state index contributed by atoms with van der Waals surface area (Å²) >= 11 is 0. The summed E-state index contributed by atoms with van der Waals surface area (Å²) < 4.78 is 5.49. The lowest BCUT2D eigenvalue weighted by molar-refractivity contribution is -0.174. The van der Waals surface area contributed by atoms with Crippen molar-refractivity contribution in [2.75, 3.05) is 0 Å². The molecule has 2 fully saturated rings. The van der Waals surface area contributed by atoms with Crippen LogP contribution in [-0.4, -0.2) is 28.2 Å². The molecule has 0 aliphatic heterocycles. The molecule has 0 heterocycles. The Hall–Kier alpha value is -1.10. The Morgan fingerprint density at radius 3 is 1.64 bits per heavy atom. The van der Waals surface area contributed by atoms with Crippen molar-refractivity contribution < 1.29 is 19.4 Å². The third kappa shape index (κ3) is 4.75. The summed E-state index contributed by atoms with van der Waals surface area (Å²) in [7, 11) is 0. The lowest BCUT2D eigenvalue weighted by Crippen LogP contribution is -2.64. The average molecular weight is 354 g/mol. The number of carbonyl (C=O) groups is 2. The molecule has 5 heteroatoms. The number of nitrogens with two attached hydrogens (primary N) is 1. The molecule has 2 saturated carbocycles. The molecule has 0 unspecified atom stereocenters. The average Bonchev–Trinajstić information content (AvgIpc) is 2.54. The van der Waals surface area contributed by atoms with Gasteiger partial charge in [-0.25, -0.2) is 0 Å². The fraction of sp³-hybridized carbons (Fsp3) is 0.900. The van der Waals surface area contributed by atoms with Crippen LogP contribution in [0.3, 0.4) is 0 Å². The second-order valence-corrected chi connectivity index (χ2v) is 8.97. The van der Waals surface area contributed by atoms with Crippen LogP contribution in [0, 0.1) is 17.8 Å². The van der Waals surface area contributed by atoms with Crippen molar-refractivity contribution in [3.05, 3.63) is 0 Å². The molecule has 0 saturated heterocycles. The summed E-state index contributed by atoms with van der Waals surface area (Å²) in [5.41, 5.74) is 5.21. The largest absolute Gasteiger partial charge is 0.481 e. The van der Waals surface area contributed by atoms with Gasteiger partial charge in [0.25, 0.3) is 0 Å². The van der Waals surface area contributed by atoms with Gasteiger partial charge in [-0.15, -0.1) is 0 Å².